The van der Waals surface area contributed by atoms with Crippen LogP contribution in [0, 0.1) is 5.41 Å². The van der Waals surface area contributed by atoms with E-state index in [1.54, 1.807) is 0 Å². The van der Waals surface area contributed by atoms with Crippen LogP contribution in [0.3, 0.4) is 0 Å². The van der Waals surface area contributed by atoms with E-state index in [9.17, 15) is 0 Å². The fourth-order valence-corrected chi connectivity index (χ4v) is 2.89. The molecule has 1 N–H and O–H groups in total. The van der Waals surface area contributed by atoms with E-state index in [1.165, 1.54) is 37.1 Å². The van der Waals surface area contributed by atoms with Crippen LogP contribution in [0.2, 0.25) is 0 Å². The number of aromatic nitrogens is 1. The van der Waals surface area contributed by atoms with Crippen molar-refractivity contribution >= 4 is 5.82 Å². The van der Waals surface area contributed by atoms with E-state index in [0.717, 1.165) is 26.2 Å². The molecular formula is C17H29N3. The Morgan fingerprint density at radius 1 is 1.30 bits per heavy atom. The molecule has 2 heterocycles. The molecule has 20 heavy (non-hydrogen) atoms. The molecule has 2 rings (SSSR count). The summed E-state index contributed by atoms with van der Waals surface area (Å²) in [5.41, 5.74) is 1.81. The Kier molecular flexibility index (Phi) is 5.41. The van der Waals surface area contributed by atoms with Gasteiger partial charge in [0.15, 0.2) is 0 Å². The summed E-state index contributed by atoms with van der Waals surface area (Å²) in [6.45, 7) is 11.2. The van der Waals surface area contributed by atoms with Crippen molar-refractivity contribution in [3.63, 3.8) is 0 Å². The Bertz CT molecular complexity index is 414. The second-order valence-electron chi connectivity index (χ2n) is 6.67. The molecule has 1 aliphatic rings. The molecule has 0 bridgehead atoms. The maximum Gasteiger partial charge on any atom is 0.133 e. The normalized spacial score (nSPS) is 18.9. The number of pyridine rings is 1. The fourth-order valence-electron chi connectivity index (χ4n) is 2.89. The van der Waals surface area contributed by atoms with Crippen molar-refractivity contribution in [1.29, 1.82) is 0 Å². The van der Waals surface area contributed by atoms with Gasteiger partial charge in [0, 0.05) is 31.4 Å². The first kappa shape index (κ1) is 15.3. The van der Waals surface area contributed by atoms with Gasteiger partial charge in [0.1, 0.15) is 5.82 Å². The van der Waals surface area contributed by atoms with Crippen molar-refractivity contribution in [2.45, 2.75) is 53.0 Å². The van der Waals surface area contributed by atoms with Crippen molar-refractivity contribution in [3.05, 3.63) is 23.9 Å². The van der Waals surface area contributed by atoms with Gasteiger partial charge in [0.05, 0.1) is 0 Å². The lowest BCUT2D eigenvalue weighted by molar-refractivity contribution is 0.325. The molecule has 0 amide bonds. The van der Waals surface area contributed by atoms with E-state index in [-0.39, 0.29) is 0 Å². The Hall–Kier alpha value is -1.09. The van der Waals surface area contributed by atoms with Crippen LogP contribution in [0.15, 0.2) is 18.3 Å². The highest BCUT2D eigenvalue weighted by Crippen LogP contribution is 2.31. The van der Waals surface area contributed by atoms with Crippen molar-refractivity contribution < 1.29 is 0 Å². The maximum absolute atomic E-state index is 4.66. The third-order valence-electron chi connectivity index (χ3n) is 4.25. The van der Waals surface area contributed by atoms with E-state index in [0.29, 0.717) is 5.41 Å². The van der Waals surface area contributed by atoms with Crippen LogP contribution in [-0.4, -0.2) is 24.6 Å². The molecule has 1 aliphatic heterocycles. The molecule has 1 aromatic heterocycles. The molecule has 1 aromatic rings. The largest absolute Gasteiger partial charge is 0.356 e. The van der Waals surface area contributed by atoms with Crippen LogP contribution >= 0.6 is 0 Å². The van der Waals surface area contributed by atoms with Gasteiger partial charge in [0.2, 0.25) is 0 Å². The molecule has 0 radical (unpaired) electrons. The average Bonchev–Trinajstić information content (AvgIpc) is 2.61. The molecule has 112 valence electrons. The summed E-state index contributed by atoms with van der Waals surface area (Å²) in [5.74, 6) is 1.19. The summed E-state index contributed by atoms with van der Waals surface area (Å²) in [6.07, 6.45) is 6.94. The van der Waals surface area contributed by atoms with Gasteiger partial charge in [-0.25, -0.2) is 4.98 Å². The van der Waals surface area contributed by atoms with Crippen LogP contribution in [0.1, 0.15) is 52.0 Å². The zero-order chi connectivity index (χ0) is 14.4. The van der Waals surface area contributed by atoms with Gasteiger partial charge in [0.25, 0.3) is 0 Å². The maximum atomic E-state index is 4.66. The van der Waals surface area contributed by atoms with Crippen LogP contribution in [0.25, 0.3) is 0 Å². The summed E-state index contributed by atoms with van der Waals surface area (Å²) in [6, 6.07) is 4.26. The molecular weight excluding hydrogens is 246 g/mol. The van der Waals surface area contributed by atoms with E-state index in [1.807, 2.05) is 12.3 Å². The van der Waals surface area contributed by atoms with Gasteiger partial charge in [-0.05, 0) is 43.7 Å². The molecule has 3 nitrogen and oxygen atoms in total. The van der Waals surface area contributed by atoms with Crippen LogP contribution in [0.4, 0.5) is 5.82 Å². The quantitative estimate of drug-likeness (QED) is 0.832. The van der Waals surface area contributed by atoms with Crippen LogP contribution < -0.4 is 10.2 Å². The molecule has 0 saturated carbocycles. The van der Waals surface area contributed by atoms with Crippen molar-refractivity contribution in [2.24, 2.45) is 5.41 Å². The van der Waals surface area contributed by atoms with Crippen molar-refractivity contribution in [1.82, 2.24) is 10.3 Å². The predicted molar refractivity (Wildman–Crippen MR) is 86.1 cm³/mol. The number of rotatable bonds is 5. The number of hydrogen-bond donors (Lipinski definition) is 1. The zero-order valence-electron chi connectivity index (χ0n) is 13.3. The summed E-state index contributed by atoms with van der Waals surface area (Å²) in [5, 5.41) is 3.50. The minimum Gasteiger partial charge on any atom is -0.356 e. The SMILES string of the molecule is CCCNCc1cccnc1N1CCCC(C)(C)CC1. The lowest BCUT2D eigenvalue weighted by atomic mass is 9.85. The summed E-state index contributed by atoms with van der Waals surface area (Å²) < 4.78 is 0. The van der Waals surface area contributed by atoms with E-state index in [4.69, 9.17) is 0 Å². The van der Waals surface area contributed by atoms with Gasteiger partial charge in [-0.3, -0.25) is 0 Å². The number of anilines is 1. The minimum absolute atomic E-state index is 0.476. The number of nitrogens with zero attached hydrogens (tertiary/aromatic N) is 2. The minimum atomic E-state index is 0.476. The highest BCUT2D eigenvalue weighted by Gasteiger charge is 2.24. The standard InChI is InChI=1S/C17H29N3/c1-4-10-18-14-15-7-5-11-19-16(15)20-12-6-8-17(2,3)9-13-20/h5,7,11,18H,4,6,8-10,12-14H2,1-3H3. The summed E-state index contributed by atoms with van der Waals surface area (Å²) in [4.78, 5) is 7.14. The second kappa shape index (κ2) is 7.07. The highest BCUT2D eigenvalue weighted by molar-refractivity contribution is 5.46. The Morgan fingerprint density at radius 2 is 2.15 bits per heavy atom. The molecule has 3 heteroatoms. The number of nitrogens with one attached hydrogen (secondary N) is 1. The first-order chi connectivity index (χ1) is 9.62. The topological polar surface area (TPSA) is 28.2 Å². The van der Waals surface area contributed by atoms with Gasteiger partial charge >= 0.3 is 0 Å². The Balaban J connectivity index is 2.07. The van der Waals surface area contributed by atoms with Gasteiger partial charge in [-0.15, -0.1) is 0 Å². The lowest BCUT2D eigenvalue weighted by Crippen LogP contribution is -2.28. The van der Waals surface area contributed by atoms with Crippen molar-refractivity contribution in [2.75, 3.05) is 24.5 Å². The van der Waals surface area contributed by atoms with E-state index >= 15 is 0 Å². The highest BCUT2D eigenvalue weighted by atomic mass is 15.2. The van der Waals surface area contributed by atoms with Gasteiger partial charge in [-0.2, -0.15) is 0 Å². The molecule has 0 spiro atoms. The summed E-state index contributed by atoms with van der Waals surface area (Å²) >= 11 is 0. The third-order valence-corrected chi connectivity index (χ3v) is 4.25. The fraction of sp³-hybridized carbons (Fsp3) is 0.706. The Labute approximate surface area is 123 Å². The smallest absolute Gasteiger partial charge is 0.133 e. The molecule has 0 aromatic carbocycles. The van der Waals surface area contributed by atoms with Crippen molar-refractivity contribution in [3.8, 4) is 0 Å². The molecule has 1 saturated heterocycles. The average molecular weight is 275 g/mol. The lowest BCUT2D eigenvalue weighted by Gasteiger charge is -2.25. The van der Waals surface area contributed by atoms with E-state index < -0.39 is 0 Å². The van der Waals surface area contributed by atoms with Crippen LogP contribution in [-0.2, 0) is 6.54 Å². The third kappa shape index (κ3) is 4.20. The predicted octanol–water partition coefficient (Wildman–Crippen LogP) is 3.60. The molecule has 0 atom stereocenters. The Morgan fingerprint density at radius 3 is 2.95 bits per heavy atom. The molecule has 1 fully saturated rings. The van der Waals surface area contributed by atoms with Gasteiger partial charge < -0.3 is 10.2 Å². The first-order valence-corrected chi connectivity index (χ1v) is 8.02. The monoisotopic (exact) mass is 275 g/mol. The zero-order valence-corrected chi connectivity index (χ0v) is 13.3. The molecule has 0 unspecified atom stereocenters. The second-order valence-corrected chi connectivity index (χ2v) is 6.67. The number of hydrogen-bond acceptors (Lipinski definition) is 3. The van der Waals surface area contributed by atoms with E-state index in [2.05, 4.69) is 42.0 Å². The molecule has 0 aliphatic carbocycles. The van der Waals surface area contributed by atoms with Gasteiger partial charge in [-0.1, -0.05) is 26.8 Å². The van der Waals surface area contributed by atoms with Crippen LogP contribution in [0.5, 0.6) is 0 Å². The first-order valence-electron chi connectivity index (χ1n) is 8.02. The summed E-state index contributed by atoms with van der Waals surface area (Å²) in [7, 11) is 0.